The zero-order chi connectivity index (χ0) is 22.3. The zero-order valence-corrected chi connectivity index (χ0v) is 17.7. The van der Waals surface area contributed by atoms with Crippen molar-refractivity contribution in [2.75, 3.05) is 14.1 Å². The minimum absolute atomic E-state index is 0.0170. The van der Waals surface area contributed by atoms with Gasteiger partial charge in [-0.2, -0.15) is 0 Å². The lowest BCUT2D eigenvalue weighted by Crippen LogP contribution is -2.63. The lowest BCUT2D eigenvalue weighted by Gasteiger charge is -2.42. The second-order valence-corrected chi connectivity index (χ2v) is 8.09. The number of nitro groups is 1. The first-order valence-corrected chi connectivity index (χ1v) is 10.1. The van der Waals surface area contributed by atoms with Gasteiger partial charge in [0.1, 0.15) is 12.1 Å². The number of benzene rings is 2. The molecule has 0 aliphatic carbocycles. The third-order valence-corrected chi connectivity index (χ3v) is 6.13. The Morgan fingerprint density at radius 2 is 1.58 bits per heavy atom. The average Bonchev–Trinajstić information content (AvgIpc) is 3.17. The van der Waals surface area contributed by atoms with Crippen LogP contribution in [-0.4, -0.2) is 57.7 Å². The number of aryl methyl sites for hydroxylation is 1. The smallest absolute Gasteiger partial charge is 0.279 e. The molecule has 2 amide bonds. The van der Waals surface area contributed by atoms with Gasteiger partial charge in [-0.1, -0.05) is 35.9 Å². The van der Waals surface area contributed by atoms with Crippen molar-refractivity contribution in [2.24, 2.45) is 0 Å². The maximum absolute atomic E-state index is 13.2. The number of rotatable bonds is 5. The first-order valence-electron chi connectivity index (χ1n) is 10.1. The number of likely N-dealkylation sites (N-methyl/N-ethyl adjacent to an activating group) is 2. The highest BCUT2D eigenvalue weighted by Crippen LogP contribution is 2.31. The number of nitrogens with one attached hydrogen (secondary N) is 1. The number of aromatic amines is 1. The van der Waals surface area contributed by atoms with Crippen LogP contribution in [0.5, 0.6) is 0 Å². The van der Waals surface area contributed by atoms with Crippen LogP contribution < -0.4 is 0 Å². The molecule has 1 saturated heterocycles. The summed E-state index contributed by atoms with van der Waals surface area (Å²) < 4.78 is 0. The maximum Gasteiger partial charge on any atom is 0.279 e. The molecule has 3 aromatic rings. The summed E-state index contributed by atoms with van der Waals surface area (Å²) >= 11 is 0. The second kappa shape index (κ2) is 7.86. The number of carbonyl (C=O) groups excluding carboxylic acids is 2. The summed E-state index contributed by atoms with van der Waals surface area (Å²) in [5, 5.41) is 12.0. The number of hydrogen-bond donors (Lipinski definition) is 1. The molecule has 8 heteroatoms. The molecule has 8 nitrogen and oxygen atoms in total. The fourth-order valence-corrected chi connectivity index (χ4v) is 4.26. The third kappa shape index (κ3) is 3.65. The number of carbonyl (C=O) groups is 2. The van der Waals surface area contributed by atoms with E-state index in [2.05, 4.69) is 4.98 Å². The summed E-state index contributed by atoms with van der Waals surface area (Å²) in [5.41, 5.74) is 3.38. The summed E-state index contributed by atoms with van der Waals surface area (Å²) in [6, 6.07) is 11.4. The van der Waals surface area contributed by atoms with E-state index in [4.69, 9.17) is 0 Å². The van der Waals surface area contributed by atoms with Crippen LogP contribution in [0, 0.1) is 17.0 Å². The monoisotopic (exact) mass is 420 g/mol. The number of nitro benzene ring substituents is 1. The van der Waals surface area contributed by atoms with E-state index in [-0.39, 0.29) is 23.9 Å². The van der Waals surface area contributed by atoms with Gasteiger partial charge in [-0.25, -0.2) is 0 Å². The topological polar surface area (TPSA) is 99.5 Å². The largest absolute Gasteiger partial charge is 0.361 e. The molecule has 0 unspecified atom stereocenters. The van der Waals surface area contributed by atoms with Crippen LogP contribution in [0.1, 0.15) is 16.7 Å². The number of hydrogen-bond acceptors (Lipinski definition) is 4. The number of non-ortho nitro benzene ring substituents is 1. The molecule has 2 atom stereocenters. The number of aromatic nitrogens is 1. The fraction of sp³-hybridized carbons (Fsp3) is 0.304. The quantitative estimate of drug-likeness (QED) is 0.507. The van der Waals surface area contributed by atoms with Crippen LogP contribution in [0.2, 0.25) is 0 Å². The molecule has 1 aromatic heterocycles. The van der Waals surface area contributed by atoms with Crippen molar-refractivity contribution >= 4 is 28.4 Å². The van der Waals surface area contributed by atoms with E-state index < -0.39 is 17.0 Å². The molecule has 1 aliphatic heterocycles. The van der Waals surface area contributed by atoms with Crippen LogP contribution in [0.3, 0.4) is 0 Å². The number of amides is 2. The van der Waals surface area contributed by atoms with Crippen LogP contribution >= 0.6 is 0 Å². The maximum atomic E-state index is 13.2. The second-order valence-electron chi connectivity index (χ2n) is 8.09. The van der Waals surface area contributed by atoms with Crippen molar-refractivity contribution in [3.63, 3.8) is 0 Å². The van der Waals surface area contributed by atoms with E-state index in [1.807, 2.05) is 31.2 Å². The lowest BCUT2D eigenvalue weighted by atomic mass is 9.95. The molecule has 1 fully saturated rings. The van der Waals surface area contributed by atoms with Gasteiger partial charge >= 0.3 is 0 Å². The Morgan fingerprint density at radius 3 is 2.19 bits per heavy atom. The summed E-state index contributed by atoms with van der Waals surface area (Å²) in [7, 11) is 3.28. The van der Waals surface area contributed by atoms with Crippen molar-refractivity contribution in [1.82, 2.24) is 14.8 Å². The van der Waals surface area contributed by atoms with Gasteiger partial charge in [-0.15, -0.1) is 0 Å². The van der Waals surface area contributed by atoms with Crippen molar-refractivity contribution in [1.29, 1.82) is 0 Å². The Kier molecular flexibility index (Phi) is 5.22. The van der Waals surface area contributed by atoms with E-state index in [0.29, 0.717) is 22.9 Å². The molecule has 0 bridgehead atoms. The van der Waals surface area contributed by atoms with E-state index in [1.165, 1.54) is 15.9 Å². The molecular formula is C23H24N4O4. The third-order valence-electron chi connectivity index (χ3n) is 6.13. The molecule has 4 rings (SSSR count). The van der Waals surface area contributed by atoms with Crippen molar-refractivity contribution in [2.45, 2.75) is 31.8 Å². The standard InChI is InChI=1S/C23H24N4O4/c1-14-7-9-15(10-8-14)11-19-22(28)26(3)20(23(29)25(19)2)12-16-13-24-17-5-4-6-18(21(16)17)27(30)31/h4-10,13,19-20,24H,11-12H2,1-3H3/t19-,20-/m0/s1. The SMILES string of the molecule is Cc1ccc(C[C@H]2C(=O)N(C)[C@@H](Cc3c[nH]c4cccc([N+](=O)[O-])c34)C(=O)N2C)cc1. The highest BCUT2D eigenvalue weighted by Gasteiger charge is 2.42. The Balaban J connectivity index is 1.61. The Labute approximate surface area is 179 Å². The highest BCUT2D eigenvalue weighted by atomic mass is 16.6. The fourth-order valence-electron chi connectivity index (χ4n) is 4.26. The lowest BCUT2D eigenvalue weighted by molar-refractivity contribution is -0.383. The minimum Gasteiger partial charge on any atom is -0.361 e. The molecule has 1 N–H and O–H groups in total. The van der Waals surface area contributed by atoms with Gasteiger partial charge in [0.05, 0.1) is 15.8 Å². The molecule has 0 radical (unpaired) electrons. The molecule has 1 aliphatic rings. The highest BCUT2D eigenvalue weighted by molar-refractivity contribution is 5.98. The molecule has 2 aromatic carbocycles. The summed E-state index contributed by atoms with van der Waals surface area (Å²) in [6.07, 6.45) is 2.33. The van der Waals surface area contributed by atoms with E-state index >= 15 is 0 Å². The van der Waals surface area contributed by atoms with Gasteiger partial charge < -0.3 is 14.8 Å². The van der Waals surface area contributed by atoms with Crippen LogP contribution in [-0.2, 0) is 22.4 Å². The van der Waals surface area contributed by atoms with Gasteiger partial charge in [-0.05, 0) is 24.1 Å². The molecule has 160 valence electrons. The zero-order valence-electron chi connectivity index (χ0n) is 17.7. The van der Waals surface area contributed by atoms with Crippen LogP contribution in [0.4, 0.5) is 5.69 Å². The predicted octanol–water partition coefficient (Wildman–Crippen LogP) is 2.84. The van der Waals surface area contributed by atoms with Crippen molar-refractivity contribution in [3.05, 3.63) is 75.5 Å². The molecular weight excluding hydrogens is 396 g/mol. The van der Waals surface area contributed by atoms with Gasteiger partial charge in [0, 0.05) is 39.2 Å². The molecule has 0 spiro atoms. The van der Waals surface area contributed by atoms with E-state index in [1.54, 1.807) is 32.4 Å². The van der Waals surface area contributed by atoms with Crippen molar-refractivity contribution < 1.29 is 14.5 Å². The van der Waals surface area contributed by atoms with Gasteiger partial charge in [-0.3, -0.25) is 19.7 Å². The van der Waals surface area contributed by atoms with E-state index in [0.717, 1.165) is 11.1 Å². The van der Waals surface area contributed by atoms with Crippen LogP contribution in [0.15, 0.2) is 48.7 Å². The van der Waals surface area contributed by atoms with E-state index in [9.17, 15) is 19.7 Å². The summed E-state index contributed by atoms with van der Waals surface area (Å²) in [4.78, 5) is 43.4. The van der Waals surface area contributed by atoms with Gasteiger partial charge in [0.25, 0.3) is 5.69 Å². The molecule has 31 heavy (non-hydrogen) atoms. The van der Waals surface area contributed by atoms with Gasteiger partial charge in [0.2, 0.25) is 11.8 Å². The number of fused-ring (bicyclic) bond motifs is 1. The Bertz CT molecular complexity index is 1170. The van der Waals surface area contributed by atoms with Gasteiger partial charge in [0.15, 0.2) is 0 Å². The average molecular weight is 420 g/mol. The molecule has 0 saturated carbocycles. The minimum atomic E-state index is -0.717. The first-order chi connectivity index (χ1) is 14.8. The summed E-state index contributed by atoms with van der Waals surface area (Å²) in [6.45, 7) is 2.00. The number of nitrogens with zero attached hydrogens (tertiary/aromatic N) is 3. The Morgan fingerprint density at radius 1 is 0.968 bits per heavy atom. The van der Waals surface area contributed by atoms with Crippen LogP contribution in [0.25, 0.3) is 10.9 Å². The normalized spacial score (nSPS) is 19.3. The van der Waals surface area contributed by atoms with Crippen molar-refractivity contribution in [3.8, 4) is 0 Å². The first kappa shape index (κ1) is 20.6. The number of piperazine rings is 1. The summed E-state index contributed by atoms with van der Waals surface area (Å²) in [5.74, 6) is -0.311. The Hall–Kier alpha value is -3.68. The number of H-pyrrole nitrogens is 1. The predicted molar refractivity (Wildman–Crippen MR) is 117 cm³/mol. The molecule has 2 heterocycles.